The fourth-order valence-corrected chi connectivity index (χ4v) is 4.04. The van der Waals surface area contributed by atoms with Crippen LogP contribution in [-0.2, 0) is 10.0 Å². The molecule has 146 valence electrons. The van der Waals surface area contributed by atoms with Crippen LogP contribution in [0.1, 0.15) is 10.5 Å². The molecule has 2 N–H and O–H groups in total. The number of carbonyl (C=O) groups is 1. The Hall–Kier alpha value is -3.71. The molecule has 0 bridgehead atoms. The number of amides is 1. The van der Waals surface area contributed by atoms with Gasteiger partial charge in [-0.2, -0.15) is 5.10 Å². The van der Waals surface area contributed by atoms with E-state index in [0.29, 0.717) is 11.5 Å². The quantitative estimate of drug-likeness (QED) is 0.471. The maximum Gasteiger partial charge on any atom is 0.276 e. The van der Waals surface area contributed by atoms with E-state index in [0.717, 1.165) is 0 Å². The first-order valence-corrected chi connectivity index (χ1v) is 10.4. The van der Waals surface area contributed by atoms with Crippen molar-refractivity contribution in [1.29, 1.82) is 0 Å². The van der Waals surface area contributed by atoms with Gasteiger partial charge in [0.25, 0.3) is 15.9 Å². The van der Waals surface area contributed by atoms with Crippen LogP contribution in [0.4, 0.5) is 10.8 Å². The second kappa shape index (κ2) is 7.73. The molecule has 0 saturated carbocycles. The highest BCUT2D eigenvalue weighted by atomic mass is 32.2. The largest absolute Gasteiger partial charge is 0.321 e. The van der Waals surface area contributed by atoms with Crippen LogP contribution >= 0.6 is 11.3 Å². The zero-order chi connectivity index (χ0) is 20.3. The Kier molecular flexibility index (Phi) is 4.97. The standard InChI is InChI=1S/C16H12N8O3S2/c25-15(13-5-6-14(22-21-13)24-10-17-9-19-24)20-11-1-3-12(4-2-11)29(26,27)23-16-18-7-8-28-16/h1-10H,(H,18,23)(H,20,25). The van der Waals surface area contributed by atoms with Gasteiger partial charge in [0, 0.05) is 17.3 Å². The molecular formula is C16H12N8O3S2. The number of nitrogens with one attached hydrogen (secondary N) is 2. The normalized spacial score (nSPS) is 11.2. The van der Waals surface area contributed by atoms with Gasteiger partial charge in [-0.3, -0.25) is 9.52 Å². The van der Waals surface area contributed by atoms with Crippen LogP contribution in [0.15, 0.2) is 65.5 Å². The molecule has 4 rings (SSSR count). The van der Waals surface area contributed by atoms with Gasteiger partial charge in [-0.1, -0.05) is 0 Å². The Morgan fingerprint density at radius 3 is 2.52 bits per heavy atom. The molecule has 0 fully saturated rings. The van der Waals surface area contributed by atoms with Crippen molar-refractivity contribution in [3.05, 3.63) is 66.3 Å². The number of nitrogens with zero attached hydrogens (tertiary/aromatic N) is 6. The van der Waals surface area contributed by atoms with Crippen LogP contribution in [0.5, 0.6) is 0 Å². The Bertz CT molecular complexity index is 1210. The Labute approximate surface area is 168 Å². The lowest BCUT2D eigenvalue weighted by molar-refractivity contribution is 0.102. The number of hydrogen-bond donors (Lipinski definition) is 2. The van der Waals surface area contributed by atoms with Crippen molar-refractivity contribution in [2.75, 3.05) is 10.0 Å². The lowest BCUT2D eigenvalue weighted by Crippen LogP contribution is -2.16. The van der Waals surface area contributed by atoms with Crippen molar-refractivity contribution in [3.63, 3.8) is 0 Å². The van der Waals surface area contributed by atoms with Crippen LogP contribution in [0, 0.1) is 0 Å². The minimum Gasteiger partial charge on any atom is -0.321 e. The van der Waals surface area contributed by atoms with Gasteiger partial charge in [0.15, 0.2) is 16.6 Å². The summed E-state index contributed by atoms with van der Waals surface area (Å²) in [4.78, 5) is 20.1. The number of anilines is 2. The number of rotatable bonds is 6. The summed E-state index contributed by atoms with van der Waals surface area (Å²) in [5.74, 6) is -0.0690. The van der Waals surface area contributed by atoms with E-state index in [1.165, 1.54) is 65.2 Å². The Morgan fingerprint density at radius 1 is 1.07 bits per heavy atom. The lowest BCUT2D eigenvalue weighted by atomic mass is 10.3. The molecule has 3 heterocycles. The number of sulfonamides is 1. The summed E-state index contributed by atoms with van der Waals surface area (Å²) in [5, 5.41) is 16.3. The zero-order valence-electron chi connectivity index (χ0n) is 14.5. The predicted octanol–water partition coefficient (Wildman–Crippen LogP) is 1.57. The van der Waals surface area contributed by atoms with Crippen molar-refractivity contribution in [1.82, 2.24) is 29.9 Å². The highest BCUT2D eigenvalue weighted by Crippen LogP contribution is 2.19. The van der Waals surface area contributed by atoms with Gasteiger partial charge in [0.2, 0.25) is 0 Å². The number of thiazole rings is 1. The van der Waals surface area contributed by atoms with E-state index in [1.807, 2.05) is 0 Å². The molecule has 13 heteroatoms. The predicted molar refractivity (Wildman–Crippen MR) is 104 cm³/mol. The summed E-state index contributed by atoms with van der Waals surface area (Å²) in [6.07, 6.45) is 4.32. The Balaban J connectivity index is 1.44. The molecule has 11 nitrogen and oxygen atoms in total. The number of aromatic nitrogens is 6. The smallest absolute Gasteiger partial charge is 0.276 e. The van der Waals surface area contributed by atoms with Crippen molar-refractivity contribution in [3.8, 4) is 5.82 Å². The monoisotopic (exact) mass is 428 g/mol. The van der Waals surface area contributed by atoms with Crippen molar-refractivity contribution < 1.29 is 13.2 Å². The molecule has 0 saturated heterocycles. The maximum absolute atomic E-state index is 12.3. The molecule has 29 heavy (non-hydrogen) atoms. The molecule has 0 aliphatic rings. The molecule has 1 amide bonds. The van der Waals surface area contributed by atoms with E-state index in [-0.39, 0.29) is 15.7 Å². The minimum atomic E-state index is -3.76. The van der Waals surface area contributed by atoms with E-state index < -0.39 is 15.9 Å². The molecule has 0 unspecified atom stereocenters. The second-order valence-electron chi connectivity index (χ2n) is 5.54. The van der Waals surface area contributed by atoms with Gasteiger partial charge in [0.05, 0.1) is 4.90 Å². The SMILES string of the molecule is O=C(Nc1ccc(S(=O)(=O)Nc2nccs2)cc1)c1ccc(-n2cncn2)nn1. The van der Waals surface area contributed by atoms with Gasteiger partial charge >= 0.3 is 0 Å². The molecule has 1 aromatic carbocycles. The first-order chi connectivity index (χ1) is 14.0. The third kappa shape index (κ3) is 4.25. The van der Waals surface area contributed by atoms with E-state index >= 15 is 0 Å². The van der Waals surface area contributed by atoms with Gasteiger partial charge in [-0.25, -0.2) is 23.1 Å². The summed E-state index contributed by atoms with van der Waals surface area (Å²) >= 11 is 1.17. The average Bonchev–Trinajstić information content (AvgIpc) is 3.42. The Morgan fingerprint density at radius 2 is 1.90 bits per heavy atom. The molecule has 0 aliphatic carbocycles. The third-order valence-corrected chi connectivity index (χ3v) is 5.79. The molecule has 0 aliphatic heterocycles. The van der Waals surface area contributed by atoms with Gasteiger partial charge in [-0.15, -0.1) is 21.5 Å². The molecule has 0 spiro atoms. The molecular weight excluding hydrogens is 416 g/mol. The molecule has 3 aromatic heterocycles. The summed E-state index contributed by atoms with van der Waals surface area (Å²) in [5.41, 5.74) is 0.501. The fraction of sp³-hybridized carbons (Fsp3) is 0. The van der Waals surface area contributed by atoms with Gasteiger partial charge in [0.1, 0.15) is 12.7 Å². The summed E-state index contributed by atoms with van der Waals surface area (Å²) in [6, 6.07) is 8.79. The number of benzene rings is 1. The lowest BCUT2D eigenvalue weighted by Gasteiger charge is -2.08. The van der Waals surface area contributed by atoms with Crippen LogP contribution in [0.2, 0.25) is 0 Å². The minimum absolute atomic E-state index is 0.0441. The number of carbonyl (C=O) groups excluding carboxylic acids is 1. The maximum atomic E-state index is 12.3. The van der Waals surface area contributed by atoms with Crippen LogP contribution in [-0.4, -0.2) is 44.3 Å². The first-order valence-electron chi connectivity index (χ1n) is 8.04. The second-order valence-corrected chi connectivity index (χ2v) is 8.12. The zero-order valence-corrected chi connectivity index (χ0v) is 16.1. The summed E-state index contributed by atoms with van der Waals surface area (Å²) in [7, 11) is -3.76. The van der Waals surface area contributed by atoms with Crippen molar-refractivity contribution >= 4 is 38.1 Å². The third-order valence-electron chi connectivity index (χ3n) is 3.61. The summed E-state index contributed by atoms with van der Waals surface area (Å²) in [6.45, 7) is 0. The highest BCUT2D eigenvalue weighted by molar-refractivity contribution is 7.93. The first kappa shape index (κ1) is 18.6. The van der Waals surface area contributed by atoms with Crippen molar-refractivity contribution in [2.45, 2.75) is 4.90 Å². The number of hydrogen-bond acceptors (Lipinski definition) is 9. The van der Waals surface area contributed by atoms with E-state index in [9.17, 15) is 13.2 Å². The highest BCUT2D eigenvalue weighted by Gasteiger charge is 2.16. The van der Waals surface area contributed by atoms with E-state index in [1.54, 1.807) is 11.4 Å². The molecule has 0 atom stereocenters. The van der Waals surface area contributed by atoms with Gasteiger partial charge in [-0.05, 0) is 36.4 Å². The van der Waals surface area contributed by atoms with E-state index in [4.69, 9.17) is 0 Å². The average molecular weight is 428 g/mol. The fourth-order valence-electron chi connectivity index (χ4n) is 2.26. The van der Waals surface area contributed by atoms with Crippen molar-refractivity contribution in [2.24, 2.45) is 0 Å². The van der Waals surface area contributed by atoms with Crippen LogP contribution in [0.3, 0.4) is 0 Å². The van der Waals surface area contributed by atoms with Crippen LogP contribution < -0.4 is 10.0 Å². The van der Waals surface area contributed by atoms with Gasteiger partial charge < -0.3 is 5.32 Å². The topological polar surface area (TPSA) is 145 Å². The molecule has 0 radical (unpaired) electrons. The molecule has 4 aromatic rings. The summed E-state index contributed by atoms with van der Waals surface area (Å²) < 4.78 is 28.4. The van der Waals surface area contributed by atoms with E-state index in [2.05, 4.69) is 35.3 Å². The van der Waals surface area contributed by atoms with Crippen LogP contribution in [0.25, 0.3) is 5.82 Å².